The molecule has 33 heavy (non-hydrogen) atoms. The van der Waals surface area contributed by atoms with Crippen molar-refractivity contribution in [2.24, 2.45) is 7.05 Å². The van der Waals surface area contributed by atoms with Crippen LogP contribution in [-0.2, 0) is 13.2 Å². The highest BCUT2D eigenvalue weighted by Gasteiger charge is 2.35. The van der Waals surface area contributed by atoms with Crippen molar-refractivity contribution in [3.05, 3.63) is 76.6 Å². The van der Waals surface area contributed by atoms with Crippen molar-refractivity contribution in [3.63, 3.8) is 0 Å². The van der Waals surface area contributed by atoms with Gasteiger partial charge in [0.2, 0.25) is 0 Å². The van der Waals surface area contributed by atoms with Gasteiger partial charge < -0.3 is 10.6 Å². The summed E-state index contributed by atoms with van der Waals surface area (Å²) < 4.78 is 41.5. The zero-order chi connectivity index (χ0) is 23.6. The lowest BCUT2D eigenvalue weighted by Crippen LogP contribution is -2.46. The number of benzene rings is 2. The van der Waals surface area contributed by atoms with E-state index in [4.69, 9.17) is 11.6 Å². The number of aromatic nitrogens is 2. The number of alkyl halides is 3. The molecule has 0 bridgehead atoms. The minimum Gasteiger partial charge on any atom is -0.344 e. The maximum absolute atomic E-state index is 13.3. The number of carbonyl (C=O) groups excluding carboxylic acids is 1. The van der Waals surface area contributed by atoms with Gasteiger partial charge in [0.05, 0.1) is 28.4 Å². The van der Waals surface area contributed by atoms with E-state index in [1.165, 1.54) is 12.1 Å². The van der Waals surface area contributed by atoms with E-state index in [1.54, 1.807) is 10.9 Å². The number of nitrogens with one attached hydrogen (secondary N) is 2. The van der Waals surface area contributed by atoms with Crippen LogP contribution in [0, 0.1) is 0 Å². The molecular formula is C24H24ClF3N4O. The normalized spacial score (nSPS) is 17.5. The predicted octanol–water partition coefficient (Wildman–Crippen LogP) is 5.37. The summed E-state index contributed by atoms with van der Waals surface area (Å²) in [6, 6.07) is 10.7. The maximum Gasteiger partial charge on any atom is 0.417 e. The van der Waals surface area contributed by atoms with Crippen LogP contribution in [0.1, 0.15) is 46.8 Å². The lowest BCUT2D eigenvalue weighted by atomic mass is 9.91. The first kappa shape index (κ1) is 23.3. The Labute approximate surface area is 194 Å². The molecule has 4 rings (SSSR count). The highest BCUT2D eigenvalue weighted by molar-refractivity contribution is 6.34. The molecule has 1 aromatic heterocycles. The third kappa shape index (κ3) is 5.23. The maximum atomic E-state index is 13.3. The molecule has 2 N–H and O–H groups in total. The van der Waals surface area contributed by atoms with Crippen molar-refractivity contribution in [1.82, 2.24) is 20.4 Å². The zero-order valence-electron chi connectivity index (χ0n) is 18.0. The Kier molecular flexibility index (Phi) is 6.76. The van der Waals surface area contributed by atoms with Gasteiger partial charge in [-0.3, -0.25) is 9.48 Å². The summed E-state index contributed by atoms with van der Waals surface area (Å²) in [5, 5.41) is 9.96. The van der Waals surface area contributed by atoms with Gasteiger partial charge in [-0.25, -0.2) is 0 Å². The average Bonchev–Trinajstić information content (AvgIpc) is 3.23. The first-order chi connectivity index (χ1) is 15.7. The minimum absolute atomic E-state index is 0.0449. The summed E-state index contributed by atoms with van der Waals surface area (Å²) in [6.45, 7) is 0.815. The molecule has 1 aliphatic rings. The fraction of sp³-hybridized carbons (Fsp3) is 0.333. The Balaban J connectivity index is 1.62. The van der Waals surface area contributed by atoms with Crippen molar-refractivity contribution >= 4 is 17.5 Å². The van der Waals surface area contributed by atoms with Crippen LogP contribution in [0.5, 0.6) is 0 Å². The molecule has 2 heterocycles. The molecule has 2 aromatic carbocycles. The minimum atomic E-state index is -4.64. The number of hydrogen-bond acceptors (Lipinski definition) is 3. The van der Waals surface area contributed by atoms with E-state index in [0.29, 0.717) is 0 Å². The Morgan fingerprint density at radius 2 is 1.94 bits per heavy atom. The number of piperidine rings is 1. The number of nitrogens with zero attached hydrogens (tertiary/aromatic N) is 2. The first-order valence-electron chi connectivity index (χ1n) is 10.7. The highest BCUT2D eigenvalue weighted by atomic mass is 35.5. The zero-order valence-corrected chi connectivity index (χ0v) is 18.7. The standard InChI is InChI=1S/C24H24ClF3N4O/c1-32-14-17(13-30-32)15-8-10-16(11-9-15)22(20-7-2-3-12-29-20)31-23(33)18-5-4-6-19(21(18)25)24(26,27)28/h4-6,8-11,13-14,20,22,29H,2-3,7,12H2,1H3,(H,31,33)/t20-,22-/m0/s1. The summed E-state index contributed by atoms with van der Waals surface area (Å²) >= 11 is 5.99. The van der Waals surface area contributed by atoms with E-state index in [1.807, 2.05) is 37.5 Å². The van der Waals surface area contributed by atoms with E-state index < -0.39 is 28.7 Å². The van der Waals surface area contributed by atoms with Crippen molar-refractivity contribution < 1.29 is 18.0 Å². The van der Waals surface area contributed by atoms with Crippen LogP contribution in [-0.4, -0.2) is 28.3 Å². The van der Waals surface area contributed by atoms with Gasteiger partial charge in [-0.15, -0.1) is 0 Å². The fourth-order valence-corrected chi connectivity index (χ4v) is 4.50. The number of amides is 1. The summed E-state index contributed by atoms with van der Waals surface area (Å²) in [4.78, 5) is 13.1. The van der Waals surface area contributed by atoms with E-state index in [9.17, 15) is 18.0 Å². The second-order valence-electron chi connectivity index (χ2n) is 8.20. The van der Waals surface area contributed by atoms with E-state index >= 15 is 0 Å². The van der Waals surface area contributed by atoms with Crippen LogP contribution in [0.3, 0.4) is 0 Å². The third-order valence-corrected chi connectivity index (χ3v) is 6.30. The SMILES string of the molecule is Cn1cc(-c2ccc([C@H](NC(=O)c3cccc(C(F)(F)F)c3Cl)[C@@H]3CCCCN3)cc2)cn1. The van der Waals surface area contributed by atoms with Gasteiger partial charge >= 0.3 is 6.18 Å². The molecule has 5 nitrogen and oxygen atoms in total. The molecule has 3 aromatic rings. The molecule has 9 heteroatoms. The summed E-state index contributed by atoms with van der Waals surface area (Å²) in [5.41, 5.74) is 1.59. The van der Waals surface area contributed by atoms with Crippen molar-refractivity contribution in [2.45, 2.75) is 37.5 Å². The molecule has 0 unspecified atom stereocenters. The van der Waals surface area contributed by atoms with Gasteiger partial charge in [0.1, 0.15) is 0 Å². The fourth-order valence-electron chi connectivity index (χ4n) is 4.18. The van der Waals surface area contributed by atoms with Crippen LogP contribution in [0.15, 0.2) is 54.9 Å². The van der Waals surface area contributed by atoms with Gasteiger partial charge in [-0.1, -0.05) is 48.4 Å². The smallest absolute Gasteiger partial charge is 0.344 e. The molecule has 0 radical (unpaired) electrons. The van der Waals surface area contributed by atoms with Crippen molar-refractivity contribution in [3.8, 4) is 11.1 Å². The van der Waals surface area contributed by atoms with Crippen LogP contribution >= 0.6 is 11.6 Å². The topological polar surface area (TPSA) is 59.0 Å². The Morgan fingerprint density at radius 1 is 1.18 bits per heavy atom. The molecule has 1 amide bonds. The summed E-state index contributed by atoms with van der Waals surface area (Å²) in [5.74, 6) is -0.639. The van der Waals surface area contributed by atoms with Crippen molar-refractivity contribution in [1.29, 1.82) is 0 Å². The van der Waals surface area contributed by atoms with Crippen LogP contribution in [0.2, 0.25) is 5.02 Å². The van der Waals surface area contributed by atoms with Gasteiger partial charge in [0, 0.05) is 24.8 Å². The summed E-state index contributed by atoms with van der Waals surface area (Å²) in [7, 11) is 1.84. The van der Waals surface area contributed by atoms with Gasteiger partial charge in [-0.05, 0) is 42.6 Å². The Morgan fingerprint density at radius 3 is 2.55 bits per heavy atom. The number of halogens is 4. The lowest BCUT2D eigenvalue weighted by molar-refractivity contribution is -0.137. The van der Waals surface area contributed by atoms with Gasteiger partial charge in [0.15, 0.2) is 0 Å². The molecular weight excluding hydrogens is 453 g/mol. The molecule has 2 atom stereocenters. The van der Waals surface area contributed by atoms with E-state index in [0.717, 1.165) is 48.6 Å². The molecule has 1 saturated heterocycles. The largest absolute Gasteiger partial charge is 0.417 e. The number of aryl methyl sites for hydroxylation is 1. The Bertz CT molecular complexity index is 1120. The molecule has 0 saturated carbocycles. The number of rotatable bonds is 5. The second-order valence-corrected chi connectivity index (χ2v) is 8.58. The van der Waals surface area contributed by atoms with E-state index in [-0.39, 0.29) is 11.6 Å². The summed E-state index contributed by atoms with van der Waals surface area (Å²) in [6.07, 6.45) is 1.92. The van der Waals surface area contributed by atoms with Crippen LogP contribution in [0.4, 0.5) is 13.2 Å². The molecule has 1 aliphatic heterocycles. The molecule has 0 aliphatic carbocycles. The number of hydrogen-bond donors (Lipinski definition) is 2. The first-order valence-corrected chi connectivity index (χ1v) is 11.1. The second kappa shape index (κ2) is 9.57. The lowest BCUT2D eigenvalue weighted by Gasteiger charge is -2.32. The molecule has 1 fully saturated rings. The quantitative estimate of drug-likeness (QED) is 0.520. The third-order valence-electron chi connectivity index (χ3n) is 5.89. The highest BCUT2D eigenvalue weighted by Crippen LogP contribution is 2.36. The predicted molar refractivity (Wildman–Crippen MR) is 121 cm³/mol. The Hall–Kier alpha value is -2.84. The van der Waals surface area contributed by atoms with Crippen LogP contribution in [0.25, 0.3) is 11.1 Å². The van der Waals surface area contributed by atoms with Crippen molar-refractivity contribution in [2.75, 3.05) is 6.54 Å². The monoisotopic (exact) mass is 476 g/mol. The van der Waals surface area contributed by atoms with Crippen LogP contribution < -0.4 is 10.6 Å². The number of carbonyl (C=O) groups is 1. The average molecular weight is 477 g/mol. The molecule has 174 valence electrons. The van der Waals surface area contributed by atoms with E-state index in [2.05, 4.69) is 15.7 Å². The molecule has 0 spiro atoms. The van der Waals surface area contributed by atoms with Gasteiger partial charge in [0.25, 0.3) is 5.91 Å². The van der Waals surface area contributed by atoms with Gasteiger partial charge in [-0.2, -0.15) is 18.3 Å².